The standard InChI is InChI=1S/C17H29NO2/c1-5-12-18-16(10-8-13-19-4)15-9-6-7-11-17(15)20-14(2)3/h6-7,9,11,14,16,18H,5,8,10,12-13H2,1-4H3. The molecule has 0 aliphatic carbocycles. The lowest BCUT2D eigenvalue weighted by Crippen LogP contribution is -2.23. The van der Waals surface area contributed by atoms with Crippen LogP contribution in [0.4, 0.5) is 0 Å². The van der Waals surface area contributed by atoms with Crippen LogP contribution in [0.15, 0.2) is 24.3 Å². The average Bonchev–Trinajstić information content (AvgIpc) is 2.43. The molecule has 114 valence electrons. The summed E-state index contributed by atoms with van der Waals surface area (Å²) in [7, 11) is 1.75. The molecule has 0 bridgehead atoms. The van der Waals surface area contributed by atoms with Crippen LogP contribution in [0.5, 0.6) is 5.75 Å². The molecule has 0 aliphatic rings. The van der Waals surface area contributed by atoms with E-state index in [1.165, 1.54) is 5.56 Å². The Morgan fingerprint density at radius 2 is 1.95 bits per heavy atom. The normalized spacial score (nSPS) is 12.7. The SMILES string of the molecule is CCCNC(CCCOC)c1ccccc1OC(C)C. The summed E-state index contributed by atoms with van der Waals surface area (Å²) >= 11 is 0. The molecule has 1 rings (SSSR count). The van der Waals surface area contributed by atoms with E-state index in [2.05, 4.69) is 44.3 Å². The van der Waals surface area contributed by atoms with Crippen molar-refractivity contribution in [3.05, 3.63) is 29.8 Å². The number of para-hydroxylation sites is 1. The fourth-order valence-corrected chi connectivity index (χ4v) is 2.25. The maximum absolute atomic E-state index is 5.94. The zero-order valence-electron chi connectivity index (χ0n) is 13.3. The topological polar surface area (TPSA) is 30.5 Å². The molecule has 0 radical (unpaired) electrons. The summed E-state index contributed by atoms with van der Waals surface area (Å²) in [6, 6.07) is 8.68. The molecule has 0 aliphatic heterocycles. The molecule has 0 saturated carbocycles. The lowest BCUT2D eigenvalue weighted by molar-refractivity contribution is 0.188. The molecule has 3 nitrogen and oxygen atoms in total. The second-order valence-electron chi connectivity index (χ2n) is 5.35. The van der Waals surface area contributed by atoms with E-state index in [0.29, 0.717) is 6.04 Å². The summed E-state index contributed by atoms with van der Waals surface area (Å²) in [5.74, 6) is 0.994. The first-order chi connectivity index (χ1) is 9.69. The molecule has 0 spiro atoms. The highest BCUT2D eigenvalue weighted by atomic mass is 16.5. The van der Waals surface area contributed by atoms with Gasteiger partial charge in [0.1, 0.15) is 5.75 Å². The monoisotopic (exact) mass is 279 g/mol. The highest BCUT2D eigenvalue weighted by molar-refractivity contribution is 5.36. The minimum atomic E-state index is 0.196. The van der Waals surface area contributed by atoms with Crippen LogP contribution in [-0.4, -0.2) is 26.4 Å². The summed E-state index contributed by atoms with van der Waals surface area (Å²) in [4.78, 5) is 0. The van der Waals surface area contributed by atoms with Gasteiger partial charge in [-0.2, -0.15) is 0 Å². The van der Waals surface area contributed by atoms with E-state index in [1.54, 1.807) is 7.11 Å². The minimum Gasteiger partial charge on any atom is -0.491 e. The van der Waals surface area contributed by atoms with Gasteiger partial charge in [0.15, 0.2) is 0 Å². The van der Waals surface area contributed by atoms with Crippen molar-refractivity contribution >= 4 is 0 Å². The van der Waals surface area contributed by atoms with Crippen molar-refractivity contribution in [2.45, 2.75) is 52.2 Å². The molecule has 0 heterocycles. The Bertz CT molecular complexity index is 366. The number of hydrogen-bond donors (Lipinski definition) is 1. The van der Waals surface area contributed by atoms with Crippen LogP contribution in [0.1, 0.15) is 51.6 Å². The highest BCUT2D eigenvalue weighted by Crippen LogP contribution is 2.29. The van der Waals surface area contributed by atoms with Crippen molar-refractivity contribution in [3.63, 3.8) is 0 Å². The van der Waals surface area contributed by atoms with E-state index in [-0.39, 0.29) is 6.10 Å². The van der Waals surface area contributed by atoms with Crippen LogP contribution in [0, 0.1) is 0 Å². The first kappa shape index (κ1) is 17.0. The van der Waals surface area contributed by atoms with Gasteiger partial charge in [0.2, 0.25) is 0 Å². The Morgan fingerprint density at radius 1 is 1.20 bits per heavy atom. The van der Waals surface area contributed by atoms with Crippen LogP contribution in [-0.2, 0) is 4.74 Å². The van der Waals surface area contributed by atoms with Crippen LogP contribution in [0.3, 0.4) is 0 Å². The van der Waals surface area contributed by atoms with Crippen LogP contribution in [0.25, 0.3) is 0 Å². The molecule has 0 saturated heterocycles. The van der Waals surface area contributed by atoms with E-state index in [9.17, 15) is 0 Å². The summed E-state index contributed by atoms with van der Waals surface area (Å²) < 4.78 is 11.1. The second-order valence-corrected chi connectivity index (χ2v) is 5.35. The number of rotatable bonds is 10. The van der Waals surface area contributed by atoms with Crippen molar-refractivity contribution in [2.75, 3.05) is 20.3 Å². The van der Waals surface area contributed by atoms with Gasteiger partial charge in [-0.15, -0.1) is 0 Å². The van der Waals surface area contributed by atoms with Crippen LogP contribution < -0.4 is 10.1 Å². The van der Waals surface area contributed by atoms with Gasteiger partial charge < -0.3 is 14.8 Å². The zero-order chi connectivity index (χ0) is 14.8. The number of ether oxygens (including phenoxy) is 2. The lowest BCUT2D eigenvalue weighted by Gasteiger charge is -2.23. The number of nitrogens with one attached hydrogen (secondary N) is 1. The van der Waals surface area contributed by atoms with Crippen molar-refractivity contribution in [1.29, 1.82) is 0 Å². The quantitative estimate of drug-likeness (QED) is 0.658. The third-order valence-corrected chi connectivity index (χ3v) is 3.14. The minimum absolute atomic E-state index is 0.196. The third-order valence-electron chi connectivity index (χ3n) is 3.14. The molecule has 0 aromatic heterocycles. The van der Waals surface area contributed by atoms with E-state index < -0.39 is 0 Å². The Balaban J connectivity index is 2.81. The van der Waals surface area contributed by atoms with Crippen molar-refractivity contribution in [2.24, 2.45) is 0 Å². The summed E-state index contributed by atoms with van der Waals surface area (Å²) in [6.45, 7) is 8.15. The Hall–Kier alpha value is -1.06. The first-order valence-corrected chi connectivity index (χ1v) is 7.67. The van der Waals surface area contributed by atoms with E-state index >= 15 is 0 Å². The first-order valence-electron chi connectivity index (χ1n) is 7.67. The molecule has 1 atom stereocenters. The van der Waals surface area contributed by atoms with Crippen molar-refractivity contribution < 1.29 is 9.47 Å². The van der Waals surface area contributed by atoms with E-state index in [0.717, 1.165) is 38.2 Å². The summed E-state index contributed by atoms with van der Waals surface area (Å²) in [5, 5.41) is 3.62. The Morgan fingerprint density at radius 3 is 2.60 bits per heavy atom. The molecule has 1 aromatic carbocycles. The van der Waals surface area contributed by atoms with Crippen LogP contribution >= 0.6 is 0 Å². The molecule has 0 fully saturated rings. The molecule has 1 unspecified atom stereocenters. The second kappa shape index (κ2) is 9.78. The lowest BCUT2D eigenvalue weighted by atomic mass is 10.0. The van der Waals surface area contributed by atoms with Gasteiger partial charge >= 0.3 is 0 Å². The molecule has 0 amide bonds. The van der Waals surface area contributed by atoms with Crippen molar-refractivity contribution in [1.82, 2.24) is 5.32 Å². The fraction of sp³-hybridized carbons (Fsp3) is 0.647. The summed E-state index contributed by atoms with van der Waals surface area (Å²) in [6.07, 6.45) is 3.44. The third kappa shape index (κ3) is 5.93. The molecular weight excluding hydrogens is 250 g/mol. The van der Waals surface area contributed by atoms with E-state index in [4.69, 9.17) is 9.47 Å². The number of methoxy groups -OCH3 is 1. The Kier molecular flexibility index (Phi) is 8.31. The predicted molar refractivity (Wildman–Crippen MR) is 84.4 cm³/mol. The van der Waals surface area contributed by atoms with Crippen molar-refractivity contribution in [3.8, 4) is 5.75 Å². The predicted octanol–water partition coefficient (Wildman–Crippen LogP) is 3.94. The number of benzene rings is 1. The molecule has 1 aromatic rings. The van der Waals surface area contributed by atoms with Gasteiger partial charge in [-0.3, -0.25) is 0 Å². The average molecular weight is 279 g/mol. The Labute approximate surface area is 123 Å². The highest BCUT2D eigenvalue weighted by Gasteiger charge is 2.15. The summed E-state index contributed by atoms with van der Waals surface area (Å²) in [5.41, 5.74) is 1.26. The van der Waals surface area contributed by atoms with Gasteiger partial charge in [-0.25, -0.2) is 0 Å². The van der Waals surface area contributed by atoms with Gasteiger partial charge in [-0.1, -0.05) is 25.1 Å². The number of hydrogen-bond acceptors (Lipinski definition) is 3. The molecular formula is C17H29NO2. The zero-order valence-corrected chi connectivity index (χ0v) is 13.3. The molecule has 3 heteroatoms. The molecule has 20 heavy (non-hydrogen) atoms. The molecule has 1 N–H and O–H groups in total. The maximum Gasteiger partial charge on any atom is 0.124 e. The van der Waals surface area contributed by atoms with Gasteiger partial charge in [-0.05, 0) is 45.7 Å². The van der Waals surface area contributed by atoms with Crippen LogP contribution in [0.2, 0.25) is 0 Å². The smallest absolute Gasteiger partial charge is 0.124 e. The van der Waals surface area contributed by atoms with E-state index in [1.807, 2.05) is 6.07 Å². The maximum atomic E-state index is 5.94. The van der Waals surface area contributed by atoms with Gasteiger partial charge in [0, 0.05) is 25.3 Å². The van der Waals surface area contributed by atoms with Gasteiger partial charge in [0.25, 0.3) is 0 Å². The largest absolute Gasteiger partial charge is 0.491 e. The van der Waals surface area contributed by atoms with Gasteiger partial charge in [0.05, 0.1) is 6.10 Å². The fourth-order valence-electron chi connectivity index (χ4n) is 2.25.